The first-order valence-corrected chi connectivity index (χ1v) is 10.0. The van der Waals surface area contributed by atoms with Gasteiger partial charge < -0.3 is 5.32 Å². The largest absolute Gasteiger partial charge is 0.319 e. The number of amides is 1. The second-order valence-electron chi connectivity index (χ2n) is 7.37. The zero-order valence-corrected chi connectivity index (χ0v) is 16.9. The maximum absolute atomic E-state index is 13.1. The van der Waals surface area contributed by atoms with E-state index in [1.54, 1.807) is 36.8 Å². The van der Waals surface area contributed by atoms with Gasteiger partial charge in [0.05, 0.1) is 17.4 Å². The number of hydrogen-bond acceptors (Lipinski definition) is 4. The van der Waals surface area contributed by atoms with Crippen molar-refractivity contribution in [2.45, 2.75) is 6.42 Å². The molecular weight excluding hydrogens is 405 g/mol. The molecule has 5 aromatic rings. The van der Waals surface area contributed by atoms with Crippen LogP contribution in [0.2, 0.25) is 0 Å². The van der Waals surface area contributed by atoms with Gasteiger partial charge in [-0.15, -0.1) is 0 Å². The van der Waals surface area contributed by atoms with Crippen molar-refractivity contribution in [1.29, 1.82) is 0 Å². The number of anilines is 1. The molecule has 6 nitrogen and oxygen atoms in total. The Morgan fingerprint density at radius 1 is 0.969 bits per heavy atom. The first kappa shape index (κ1) is 19.6. The molecule has 7 heteroatoms. The molecule has 0 spiro atoms. The Hall–Kier alpha value is -4.39. The summed E-state index contributed by atoms with van der Waals surface area (Å²) in [5.74, 6) is -0.592. The number of halogens is 1. The van der Waals surface area contributed by atoms with Gasteiger partial charge in [-0.25, -0.2) is 4.39 Å². The number of benzene rings is 2. The minimum absolute atomic E-state index is 0.266. The number of H-pyrrole nitrogens is 1. The summed E-state index contributed by atoms with van der Waals surface area (Å²) in [6.45, 7) is 0. The molecule has 0 aliphatic carbocycles. The molecule has 0 bridgehead atoms. The van der Waals surface area contributed by atoms with Gasteiger partial charge >= 0.3 is 0 Å². The Kier molecular flexibility index (Phi) is 5.13. The number of nitrogens with one attached hydrogen (secondary N) is 2. The number of hydrogen-bond donors (Lipinski definition) is 2. The maximum Gasteiger partial charge on any atom is 0.276 e. The van der Waals surface area contributed by atoms with Crippen molar-refractivity contribution < 1.29 is 9.18 Å². The minimum Gasteiger partial charge on any atom is -0.319 e. The summed E-state index contributed by atoms with van der Waals surface area (Å²) in [6.07, 6.45) is 5.68. The maximum atomic E-state index is 13.1. The molecule has 5 rings (SSSR count). The van der Waals surface area contributed by atoms with Gasteiger partial charge in [0.1, 0.15) is 5.82 Å². The molecule has 0 aliphatic heterocycles. The highest BCUT2D eigenvalue weighted by Gasteiger charge is 2.15. The van der Waals surface area contributed by atoms with Crippen molar-refractivity contribution in [3.05, 3.63) is 108 Å². The van der Waals surface area contributed by atoms with Crippen molar-refractivity contribution in [3.8, 4) is 11.1 Å². The van der Waals surface area contributed by atoms with Gasteiger partial charge in [0.25, 0.3) is 5.91 Å². The van der Waals surface area contributed by atoms with Crippen LogP contribution in [0.4, 0.5) is 10.1 Å². The fourth-order valence-electron chi connectivity index (χ4n) is 3.50. The molecule has 0 unspecified atom stereocenters. The highest BCUT2D eigenvalue weighted by Crippen LogP contribution is 2.25. The summed E-state index contributed by atoms with van der Waals surface area (Å²) in [4.78, 5) is 21.4. The van der Waals surface area contributed by atoms with E-state index in [-0.39, 0.29) is 11.7 Å². The van der Waals surface area contributed by atoms with Crippen LogP contribution in [0.3, 0.4) is 0 Å². The molecular formula is C25H18FN5O. The van der Waals surface area contributed by atoms with E-state index in [1.165, 1.54) is 12.1 Å². The SMILES string of the molecule is O=C(Nc1ccc(Cc2ccc(F)cc2)nc1)c1n[nH]c2ccc(-c3cccnc3)cc12. The molecule has 0 radical (unpaired) electrons. The normalized spacial score (nSPS) is 10.9. The number of aromatic nitrogens is 4. The number of pyridine rings is 2. The second-order valence-corrected chi connectivity index (χ2v) is 7.37. The third-order valence-corrected chi connectivity index (χ3v) is 5.15. The van der Waals surface area contributed by atoms with Gasteiger partial charge in [0, 0.05) is 35.5 Å². The van der Waals surface area contributed by atoms with Crippen LogP contribution in [0.1, 0.15) is 21.7 Å². The third kappa shape index (κ3) is 4.09. The van der Waals surface area contributed by atoms with E-state index in [9.17, 15) is 9.18 Å². The Morgan fingerprint density at radius 3 is 2.59 bits per heavy atom. The molecule has 3 aromatic heterocycles. The fourth-order valence-corrected chi connectivity index (χ4v) is 3.50. The Labute approximate surface area is 183 Å². The molecule has 0 saturated heterocycles. The molecule has 3 heterocycles. The van der Waals surface area contributed by atoms with E-state index in [1.807, 2.05) is 36.4 Å². The van der Waals surface area contributed by atoms with Crippen LogP contribution in [0.5, 0.6) is 0 Å². The van der Waals surface area contributed by atoms with Crippen LogP contribution in [0, 0.1) is 5.82 Å². The first-order valence-electron chi connectivity index (χ1n) is 10.0. The molecule has 32 heavy (non-hydrogen) atoms. The zero-order chi connectivity index (χ0) is 21.9. The van der Waals surface area contributed by atoms with Gasteiger partial charge in [-0.2, -0.15) is 5.10 Å². The summed E-state index contributed by atoms with van der Waals surface area (Å²) in [5.41, 5.74) is 5.34. The topological polar surface area (TPSA) is 83.6 Å². The summed E-state index contributed by atoms with van der Waals surface area (Å²) in [6, 6.07) is 19.6. The molecule has 2 aromatic carbocycles. The Bertz CT molecular complexity index is 1380. The number of rotatable bonds is 5. The lowest BCUT2D eigenvalue weighted by Gasteiger charge is -2.06. The monoisotopic (exact) mass is 423 g/mol. The van der Waals surface area contributed by atoms with E-state index < -0.39 is 0 Å². The van der Waals surface area contributed by atoms with Crippen LogP contribution in [0.15, 0.2) is 85.3 Å². The number of fused-ring (bicyclic) bond motifs is 1. The second kappa shape index (κ2) is 8.39. The van der Waals surface area contributed by atoms with Gasteiger partial charge in [-0.3, -0.25) is 19.9 Å². The summed E-state index contributed by atoms with van der Waals surface area (Å²) in [5, 5.41) is 10.7. The van der Waals surface area contributed by atoms with Crippen LogP contribution in [-0.2, 0) is 6.42 Å². The zero-order valence-electron chi connectivity index (χ0n) is 16.9. The van der Waals surface area contributed by atoms with Crippen molar-refractivity contribution >= 4 is 22.5 Å². The third-order valence-electron chi connectivity index (χ3n) is 5.15. The lowest BCUT2D eigenvalue weighted by molar-refractivity contribution is 0.102. The van der Waals surface area contributed by atoms with Crippen LogP contribution in [0.25, 0.3) is 22.0 Å². The molecule has 156 valence electrons. The van der Waals surface area contributed by atoms with Crippen molar-refractivity contribution in [3.63, 3.8) is 0 Å². The fraction of sp³-hybridized carbons (Fsp3) is 0.0400. The number of aromatic amines is 1. The van der Waals surface area contributed by atoms with Crippen LogP contribution < -0.4 is 5.32 Å². The lowest BCUT2D eigenvalue weighted by atomic mass is 10.0. The van der Waals surface area contributed by atoms with Crippen molar-refractivity contribution in [2.24, 2.45) is 0 Å². The summed E-state index contributed by atoms with van der Waals surface area (Å²) in [7, 11) is 0. The Balaban J connectivity index is 1.34. The smallest absolute Gasteiger partial charge is 0.276 e. The van der Waals surface area contributed by atoms with E-state index in [4.69, 9.17) is 0 Å². The summed E-state index contributed by atoms with van der Waals surface area (Å²) < 4.78 is 13.1. The predicted octanol–water partition coefficient (Wildman–Crippen LogP) is 5.00. The standard InChI is InChI=1S/C25H18FN5O/c26-19-6-3-16(4-7-19)12-20-8-9-21(15-28-20)29-25(32)24-22-13-17(5-10-23(22)30-31-24)18-2-1-11-27-14-18/h1-11,13-15H,12H2,(H,29,32)(H,30,31). The average molecular weight is 423 g/mol. The molecule has 1 amide bonds. The highest BCUT2D eigenvalue weighted by atomic mass is 19.1. The van der Waals surface area contributed by atoms with Gasteiger partial charge in [-0.05, 0) is 53.6 Å². The lowest BCUT2D eigenvalue weighted by Crippen LogP contribution is -2.13. The van der Waals surface area contributed by atoms with Crippen molar-refractivity contribution in [2.75, 3.05) is 5.32 Å². The minimum atomic E-state index is -0.326. The van der Waals surface area contributed by atoms with E-state index in [0.29, 0.717) is 17.8 Å². The number of carbonyl (C=O) groups excluding carboxylic acids is 1. The molecule has 0 aliphatic rings. The summed E-state index contributed by atoms with van der Waals surface area (Å²) >= 11 is 0. The quantitative estimate of drug-likeness (QED) is 0.417. The average Bonchev–Trinajstić information content (AvgIpc) is 3.26. The van der Waals surface area contributed by atoms with E-state index >= 15 is 0 Å². The molecule has 0 atom stereocenters. The van der Waals surface area contributed by atoms with Crippen molar-refractivity contribution in [1.82, 2.24) is 20.2 Å². The van der Waals surface area contributed by atoms with Crippen LogP contribution in [-0.4, -0.2) is 26.1 Å². The van der Waals surface area contributed by atoms with Crippen LogP contribution >= 0.6 is 0 Å². The molecule has 0 saturated carbocycles. The number of carbonyl (C=O) groups is 1. The predicted molar refractivity (Wildman–Crippen MR) is 121 cm³/mol. The molecule has 0 fully saturated rings. The van der Waals surface area contributed by atoms with E-state index in [2.05, 4.69) is 25.5 Å². The van der Waals surface area contributed by atoms with Gasteiger partial charge in [0.2, 0.25) is 0 Å². The first-order chi connectivity index (χ1) is 15.7. The van der Waals surface area contributed by atoms with Gasteiger partial charge in [0.15, 0.2) is 5.69 Å². The molecule has 2 N–H and O–H groups in total. The van der Waals surface area contributed by atoms with E-state index in [0.717, 1.165) is 33.3 Å². The van der Waals surface area contributed by atoms with Gasteiger partial charge in [-0.1, -0.05) is 24.3 Å². The highest BCUT2D eigenvalue weighted by molar-refractivity contribution is 6.11. The Morgan fingerprint density at radius 2 is 1.84 bits per heavy atom. The number of nitrogens with zero attached hydrogens (tertiary/aromatic N) is 3.